The number of nitrogens with zero attached hydrogens (tertiary/aromatic N) is 3. The first-order valence-electron chi connectivity index (χ1n) is 10.5. The highest BCUT2D eigenvalue weighted by Gasteiger charge is 2.29. The third-order valence-electron chi connectivity index (χ3n) is 5.65. The van der Waals surface area contributed by atoms with Crippen molar-refractivity contribution in [2.24, 2.45) is 5.92 Å². The summed E-state index contributed by atoms with van der Waals surface area (Å²) in [4.78, 5) is 6.62. The smallest absolute Gasteiger partial charge is 0.227 e. The van der Waals surface area contributed by atoms with Gasteiger partial charge in [0, 0.05) is 19.6 Å². The molecule has 0 aliphatic heterocycles. The molecule has 1 aromatic carbocycles. The minimum Gasteiger partial charge on any atom is -0.318 e. The summed E-state index contributed by atoms with van der Waals surface area (Å²) < 4.78 is 27.8. The molecule has 1 aliphatic rings. The van der Waals surface area contributed by atoms with E-state index in [-0.39, 0.29) is 10.9 Å². The lowest BCUT2D eigenvalue weighted by atomic mass is 9.87. The van der Waals surface area contributed by atoms with Crippen LogP contribution in [0.3, 0.4) is 0 Å². The van der Waals surface area contributed by atoms with Crippen LogP contribution in [0.2, 0.25) is 0 Å². The van der Waals surface area contributed by atoms with Crippen molar-refractivity contribution in [2.75, 3.05) is 19.3 Å². The molecule has 0 radical (unpaired) electrons. The zero-order valence-corrected chi connectivity index (χ0v) is 18.0. The fraction of sp³-hybridized carbons (Fsp3) is 0.591. The summed E-state index contributed by atoms with van der Waals surface area (Å²) in [6, 6.07) is 10.4. The van der Waals surface area contributed by atoms with E-state index in [4.69, 9.17) is 0 Å². The fourth-order valence-corrected chi connectivity index (χ4v) is 5.55. The van der Waals surface area contributed by atoms with Gasteiger partial charge in [0.2, 0.25) is 15.0 Å². The number of unbranched alkanes of at least 4 members (excludes halogenated alkanes) is 1. The first-order chi connectivity index (χ1) is 13.5. The van der Waals surface area contributed by atoms with Gasteiger partial charge < -0.3 is 9.47 Å². The molecule has 3 rings (SSSR count). The summed E-state index contributed by atoms with van der Waals surface area (Å²) in [5.74, 6) is 0.567. The van der Waals surface area contributed by atoms with Crippen LogP contribution in [0.4, 0.5) is 0 Å². The number of hydrogen-bond donors (Lipinski definition) is 0. The number of aromatic nitrogens is 2. The fourth-order valence-electron chi connectivity index (χ4n) is 3.69. The maximum absolute atomic E-state index is 12.9. The monoisotopic (exact) mass is 403 g/mol. The lowest BCUT2D eigenvalue weighted by Gasteiger charge is -2.25. The van der Waals surface area contributed by atoms with E-state index < -0.39 is 9.84 Å². The van der Waals surface area contributed by atoms with Gasteiger partial charge in [-0.2, -0.15) is 0 Å². The van der Waals surface area contributed by atoms with E-state index in [9.17, 15) is 8.42 Å². The number of likely N-dealkylation sites (N-methyl/N-ethyl adjacent to an activating group) is 1. The van der Waals surface area contributed by atoms with Crippen molar-refractivity contribution in [3.8, 4) is 0 Å². The van der Waals surface area contributed by atoms with Crippen molar-refractivity contribution in [2.45, 2.75) is 63.7 Å². The molecular weight excluding hydrogens is 370 g/mol. The molecule has 28 heavy (non-hydrogen) atoms. The van der Waals surface area contributed by atoms with Crippen LogP contribution < -0.4 is 0 Å². The Bertz CT molecular complexity index is 842. The number of rotatable bonds is 11. The minimum absolute atomic E-state index is 0.249. The Morgan fingerprint density at radius 1 is 1.21 bits per heavy atom. The third-order valence-corrected chi connectivity index (χ3v) is 7.44. The summed E-state index contributed by atoms with van der Waals surface area (Å²) in [6.07, 6.45) is 7.96. The molecule has 6 heteroatoms. The van der Waals surface area contributed by atoms with Crippen LogP contribution in [0, 0.1) is 5.92 Å². The van der Waals surface area contributed by atoms with Crippen molar-refractivity contribution < 1.29 is 8.42 Å². The summed E-state index contributed by atoms with van der Waals surface area (Å²) in [5.41, 5.74) is 2.31. The van der Waals surface area contributed by atoms with Crippen LogP contribution >= 0.6 is 0 Å². The van der Waals surface area contributed by atoms with E-state index in [1.54, 1.807) is 6.20 Å². The zero-order chi connectivity index (χ0) is 20.0. The van der Waals surface area contributed by atoms with E-state index in [1.165, 1.54) is 5.56 Å². The van der Waals surface area contributed by atoms with Crippen LogP contribution in [-0.4, -0.2) is 42.2 Å². The maximum Gasteiger partial charge on any atom is 0.227 e. The Balaban J connectivity index is 1.69. The molecular formula is C22H33N3O2S. The second-order valence-corrected chi connectivity index (χ2v) is 10.0. The molecule has 1 aliphatic carbocycles. The van der Waals surface area contributed by atoms with Gasteiger partial charge in [-0.05, 0) is 44.2 Å². The lowest BCUT2D eigenvalue weighted by Crippen LogP contribution is -2.26. The highest BCUT2D eigenvalue weighted by molar-refractivity contribution is 7.91. The number of hydrogen-bond acceptors (Lipinski definition) is 4. The van der Waals surface area contributed by atoms with Crippen LogP contribution in [0.5, 0.6) is 0 Å². The normalized spacial score (nSPS) is 15.1. The molecule has 1 saturated carbocycles. The van der Waals surface area contributed by atoms with E-state index >= 15 is 0 Å². The van der Waals surface area contributed by atoms with Gasteiger partial charge in [0.25, 0.3) is 0 Å². The average molecular weight is 404 g/mol. The second kappa shape index (κ2) is 9.70. The number of benzene rings is 1. The van der Waals surface area contributed by atoms with Crippen molar-refractivity contribution in [1.82, 2.24) is 14.5 Å². The SMILES string of the molecule is CCCCn1c(CN(C)CCc2ccccc2)cnc1S(=O)(=O)CC1CCC1. The summed E-state index contributed by atoms with van der Waals surface area (Å²) >= 11 is 0. The Morgan fingerprint density at radius 3 is 2.61 bits per heavy atom. The summed E-state index contributed by atoms with van der Waals surface area (Å²) in [7, 11) is -1.23. The molecule has 0 atom stereocenters. The second-order valence-electron chi connectivity index (χ2n) is 8.09. The van der Waals surface area contributed by atoms with E-state index in [0.717, 1.165) is 57.3 Å². The maximum atomic E-state index is 12.9. The highest BCUT2D eigenvalue weighted by atomic mass is 32.2. The quantitative estimate of drug-likeness (QED) is 0.570. The van der Waals surface area contributed by atoms with Gasteiger partial charge in [0.1, 0.15) is 0 Å². The van der Waals surface area contributed by atoms with Crippen molar-refractivity contribution in [3.05, 3.63) is 47.8 Å². The van der Waals surface area contributed by atoms with Gasteiger partial charge in [-0.25, -0.2) is 13.4 Å². The molecule has 2 aromatic rings. The summed E-state index contributed by atoms with van der Waals surface area (Å²) in [6.45, 7) is 4.48. The van der Waals surface area contributed by atoms with Crippen LogP contribution in [0.15, 0.2) is 41.7 Å². The molecule has 1 heterocycles. The number of sulfone groups is 1. The van der Waals surface area contributed by atoms with Crippen molar-refractivity contribution in [3.63, 3.8) is 0 Å². The standard InChI is InChI=1S/C22H33N3O2S/c1-3-4-14-25-21(17-24(2)15-13-19-9-6-5-7-10-19)16-23-22(25)28(26,27)18-20-11-8-12-20/h5-7,9-10,16,20H,3-4,8,11-15,17-18H2,1-2H3. The minimum atomic E-state index is -3.32. The van der Waals surface area contributed by atoms with Crippen LogP contribution in [-0.2, 0) is 29.3 Å². The zero-order valence-electron chi connectivity index (χ0n) is 17.2. The average Bonchev–Trinajstić information content (AvgIpc) is 3.05. The van der Waals surface area contributed by atoms with Crippen molar-refractivity contribution in [1.29, 1.82) is 0 Å². The molecule has 0 spiro atoms. The molecule has 0 N–H and O–H groups in total. The molecule has 1 aromatic heterocycles. The van der Waals surface area contributed by atoms with Crippen LogP contribution in [0.1, 0.15) is 50.3 Å². The first-order valence-corrected chi connectivity index (χ1v) is 12.1. The molecule has 154 valence electrons. The topological polar surface area (TPSA) is 55.2 Å². The summed E-state index contributed by atoms with van der Waals surface area (Å²) in [5, 5.41) is 0.277. The van der Waals surface area contributed by atoms with Crippen LogP contribution in [0.25, 0.3) is 0 Å². The third kappa shape index (κ3) is 5.45. The van der Waals surface area contributed by atoms with Gasteiger partial charge in [0.05, 0.1) is 17.6 Å². The van der Waals surface area contributed by atoms with E-state index in [2.05, 4.69) is 48.1 Å². The predicted molar refractivity (Wildman–Crippen MR) is 113 cm³/mol. The van der Waals surface area contributed by atoms with Gasteiger partial charge in [-0.1, -0.05) is 50.1 Å². The Labute approximate surface area is 169 Å². The van der Waals surface area contributed by atoms with E-state index in [0.29, 0.717) is 12.5 Å². The largest absolute Gasteiger partial charge is 0.318 e. The van der Waals surface area contributed by atoms with Gasteiger partial charge in [-0.15, -0.1) is 0 Å². The molecule has 0 saturated heterocycles. The molecule has 0 amide bonds. The van der Waals surface area contributed by atoms with Gasteiger partial charge in [-0.3, -0.25) is 0 Å². The van der Waals surface area contributed by atoms with Gasteiger partial charge >= 0.3 is 0 Å². The molecule has 1 fully saturated rings. The van der Waals surface area contributed by atoms with E-state index in [1.807, 2.05) is 10.6 Å². The Kier molecular flexibility index (Phi) is 7.30. The number of imidazole rings is 1. The molecule has 0 bridgehead atoms. The van der Waals surface area contributed by atoms with Gasteiger partial charge in [0.15, 0.2) is 0 Å². The Morgan fingerprint density at radius 2 is 1.96 bits per heavy atom. The Hall–Kier alpha value is -1.66. The predicted octanol–water partition coefficient (Wildman–Crippen LogP) is 3.93. The molecule has 0 unspecified atom stereocenters. The lowest BCUT2D eigenvalue weighted by molar-refractivity contribution is 0.318. The molecule has 5 nitrogen and oxygen atoms in total. The van der Waals surface area contributed by atoms with Crippen molar-refractivity contribution >= 4 is 9.84 Å². The first kappa shape index (κ1) is 21.1. The highest BCUT2D eigenvalue weighted by Crippen LogP contribution is 2.29.